The predicted molar refractivity (Wildman–Crippen MR) is 81.3 cm³/mol. The molecule has 2 rings (SSSR count). The highest BCUT2D eigenvalue weighted by atomic mass is 19.4. The zero-order valence-corrected chi connectivity index (χ0v) is 12.9. The van der Waals surface area contributed by atoms with E-state index in [0.29, 0.717) is 6.42 Å². The minimum Gasteiger partial charge on any atom is -0.475 e. The fourth-order valence-electron chi connectivity index (χ4n) is 2.08. The lowest BCUT2D eigenvalue weighted by Crippen LogP contribution is -2.52. The molecule has 24 heavy (non-hydrogen) atoms. The van der Waals surface area contributed by atoms with Gasteiger partial charge in [-0.15, -0.1) is 0 Å². The number of aliphatic carboxylic acids is 1. The summed E-state index contributed by atoms with van der Waals surface area (Å²) in [5.74, 6) is -2.69. The second kappa shape index (κ2) is 9.24. The number of carbonyl (C=O) groups is 2. The molecule has 1 amide bonds. The monoisotopic (exact) mass is 347 g/mol. The zero-order chi connectivity index (χ0) is 18.2. The van der Waals surface area contributed by atoms with Gasteiger partial charge in [0.2, 0.25) is 5.91 Å². The molecule has 1 aliphatic rings. The first-order chi connectivity index (χ1) is 11.2. The summed E-state index contributed by atoms with van der Waals surface area (Å²) in [6, 6.07) is 9.49. The van der Waals surface area contributed by atoms with Crippen LogP contribution in [0.5, 0.6) is 0 Å². The molecule has 1 aromatic carbocycles. The van der Waals surface area contributed by atoms with Crippen LogP contribution in [0.4, 0.5) is 13.2 Å². The number of nitrogens with zero attached hydrogens (tertiary/aromatic N) is 1. The molecule has 1 fully saturated rings. The number of benzene rings is 1. The summed E-state index contributed by atoms with van der Waals surface area (Å²) in [6.45, 7) is 3.26. The maximum absolute atomic E-state index is 12.1. The number of hydrogen-bond donors (Lipinski definition) is 3. The molecule has 1 aliphatic heterocycles. The quantitative estimate of drug-likeness (QED) is 0.745. The Morgan fingerprint density at radius 2 is 1.71 bits per heavy atom. The van der Waals surface area contributed by atoms with E-state index in [-0.39, 0.29) is 5.91 Å². The van der Waals surface area contributed by atoms with Gasteiger partial charge in [0.05, 0.1) is 6.04 Å². The van der Waals surface area contributed by atoms with Crippen LogP contribution >= 0.6 is 0 Å². The Balaban J connectivity index is 0.000000351. The van der Waals surface area contributed by atoms with Gasteiger partial charge in [-0.1, -0.05) is 30.3 Å². The van der Waals surface area contributed by atoms with Gasteiger partial charge in [-0.05, 0) is 12.0 Å². The van der Waals surface area contributed by atoms with Crippen LogP contribution in [-0.4, -0.2) is 60.3 Å². The molecule has 4 N–H and O–H groups in total. The standard InChI is InChI=1S/C13H19N3O.C2HF3O2/c14-12(10-11-4-2-1-3-5-11)13(17)16-8-6-15-7-9-16;3-2(4,5)1(6)7/h1-5,12,15H,6-10,14H2;(H,6,7). The molecule has 0 saturated carbocycles. The Labute approximate surface area is 137 Å². The van der Waals surface area contributed by atoms with Gasteiger partial charge in [0.15, 0.2) is 0 Å². The average Bonchev–Trinajstić information content (AvgIpc) is 2.55. The highest BCUT2D eigenvalue weighted by Gasteiger charge is 2.38. The summed E-state index contributed by atoms with van der Waals surface area (Å²) in [5.41, 5.74) is 7.08. The molecule has 1 heterocycles. The van der Waals surface area contributed by atoms with Crippen LogP contribution in [-0.2, 0) is 16.0 Å². The fourth-order valence-corrected chi connectivity index (χ4v) is 2.08. The van der Waals surface area contributed by atoms with E-state index in [9.17, 15) is 18.0 Å². The second-order valence-electron chi connectivity index (χ2n) is 5.17. The lowest BCUT2D eigenvalue weighted by Gasteiger charge is -2.29. The summed E-state index contributed by atoms with van der Waals surface area (Å²) < 4.78 is 31.7. The molecule has 1 aromatic rings. The Kier molecular flexibility index (Phi) is 7.66. The predicted octanol–water partition coefficient (Wildman–Crippen LogP) is 0.621. The van der Waals surface area contributed by atoms with Crippen molar-refractivity contribution >= 4 is 11.9 Å². The van der Waals surface area contributed by atoms with Gasteiger partial charge in [0, 0.05) is 26.2 Å². The number of hydrogen-bond acceptors (Lipinski definition) is 4. The van der Waals surface area contributed by atoms with E-state index in [1.807, 2.05) is 35.2 Å². The van der Waals surface area contributed by atoms with Crippen molar-refractivity contribution in [2.24, 2.45) is 5.73 Å². The summed E-state index contributed by atoms with van der Waals surface area (Å²) in [5, 5.41) is 10.3. The average molecular weight is 347 g/mol. The first-order valence-corrected chi connectivity index (χ1v) is 7.31. The van der Waals surface area contributed by atoms with Gasteiger partial charge in [-0.25, -0.2) is 4.79 Å². The lowest BCUT2D eigenvalue weighted by molar-refractivity contribution is -0.192. The molecule has 0 radical (unpaired) electrons. The third-order valence-corrected chi connectivity index (χ3v) is 3.29. The van der Waals surface area contributed by atoms with Crippen molar-refractivity contribution in [3.05, 3.63) is 35.9 Å². The highest BCUT2D eigenvalue weighted by molar-refractivity contribution is 5.82. The minimum atomic E-state index is -5.08. The lowest BCUT2D eigenvalue weighted by atomic mass is 10.1. The summed E-state index contributed by atoms with van der Waals surface area (Å²) in [6.07, 6.45) is -4.47. The van der Waals surface area contributed by atoms with E-state index in [2.05, 4.69) is 5.32 Å². The van der Waals surface area contributed by atoms with Crippen LogP contribution in [0.25, 0.3) is 0 Å². The number of carbonyl (C=O) groups excluding carboxylic acids is 1. The second-order valence-corrected chi connectivity index (χ2v) is 5.17. The van der Waals surface area contributed by atoms with Gasteiger partial charge in [-0.3, -0.25) is 4.79 Å². The van der Waals surface area contributed by atoms with E-state index in [0.717, 1.165) is 31.7 Å². The molecule has 1 saturated heterocycles. The maximum atomic E-state index is 12.1. The Morgan fingerprint density at radius 3 is 2.17 bits per heavy atom. The minimum absolute atomic E-state index is 0.0651. The third-order valence-electron chi connectivity index (χ3n) is 3.29. The molecule has 134 valence electrons. The Morgan fingerprint density at radius 1 is 1.21 bits per heavy atom. The first kappa shape index (κ1) is 19.9. The molecule has 0 aliphatic carbocycles. The number of amides is 1. The number of nitrogens with one attached hydrogen (secondary N) is 1. The van der Waals surface area contributed by atoms with Crippen LogP contribution in [0.2, 0.25) is 0 Å². The Bertz CT molecular complexity index is 532. The van der Waals surface area contributed by atoms with Gasteiger partial charge in [0.1, 0.15) is 0 Å². The maximum Gasteiger partial charge on any atom is 0.490 e. The van der Waals surface area contributed by atoms with Crippen LogP contribution < -0.4 is 11.1 Å². The van der Waals surface area contributed by atoms with E-state index in [1.54, 1.807) is 0 Å². The fraction of sp³-hybridized carbons (Fsp3) is 0.467. The van der Waals surface area contributed by atoms with Gasteiger partial charge < -0.3 is 21.1 Å². The molecule has 0 aromatic heterocycles. The Hall–Kier alpha value is -2.13. The molecule has 1 unspecified atom stereocenters. The first-order valence-electron chi connectivity index (χ1n) is 7.31. The molecule has 0 spiro atoms. The van der Waals surface area contributed by atoms with Crippen molar-refractivity contribution in [3.63, 3.8) is 0 Å². The summed E-state index contributed by atoms with van der Waals surface area (Å²) in [7, 11) is 0. The van der Waals surface area contributed by atoms with Crippen molar-refractivity contribution in [2.75, 3.05) is 26.2 Å². The van der Waals surface area contributed by atoms with Crippen molar-refractivity contribution < 1.29 is 27.9 Å². The van der Waals surface area contributed by atoms with E-state index in [4.69, 9.17) is 15.6 Å². The van der Waals surface area contributed by atoms with Crippen LogP contribution in [0.1, 0.15) is 5.56 Å². The normalized spacial score (nSPS) is 15.9. The SMILES string of the molecule is NC(Cc1ccccc1)C(=O)N1CCNCC1.O=C(O)C(F)(F)F. The molecule has 1 atom stereocenters. The number of carboxylic acids is 1. The van der Waals surface area contributed by atoms with E-state index < -0.39 is 18.2 Å². The summed E-state index contributed by atoms with van der Waals surface area (Å²) in [4.78, 5) is 22.8. The number of alkyl halides is 3. The number of carboxylic acid groups (broad SMARTS) is 1. The van der Waals surface area contributed by atoms with E-state index in [1.165, 1.54) is 0 Å². The van der Waals surface area contributed by atoms with Gasteiger partial charge in [0.25, 0.3) is 0 Å². The largest absolute Gasteiger partial charge is 0.490 e. The molecule has 6 nitrogen and oxygen atoms in total. The molecule has 0 bridgehead atoms. The van der Waals surface area contributed by atoms with Crippen molar-refractivity contribution in [3.8, 4) is 0 Å². The smallest absolute Gasteiger partial charge is 0.475 e. The van der Waals surface area contributed by atoms with Crippen molar-refractivity contribution in [2.45, 2.75) is 18.6 Å². The van der Waals surface area contributed by atoms with Gasteiger partial charge in [-0.2, -0.15) is 13.2 Å². The number of rotatable bonds is 3. The van der Waals surface area contributed by atoms with Crippen molar-refractivity contribution in [1.82, 2.24) is 10.2 Å². The molecular formula is C15H20F3N3O3. The highest BCUT2D eigenvalue weighted by Crippen LogP contribution is 2.13. The van der Waals surface area contributed by atoms with E-state index >= 15 is 0 Å². The summed E-state index contributed by atoms with van der Waals surface area (Å²) >= 11 is 0. The molecular weight excluding hydrogens is 327 g/mol. The van der Waals surface area contributed by atoms with Crippen molar-refractivity contribution in [1.29, 1.82) is 0 Å². The van der Waals surface area contributed by atoms with Gasteiger partial charge >= 0.3 is 12.1 Å². The van der Waals surface area contributed by atoms with Crippen LogP contribution in [0, 0.1) is 0 Å². The zero-order valence-electron chi connectivity index (χ0n) is 12.9. The topological polar surface area (TPSA) is 95.7 Å². The van der Waals surface area contributed by atoms with Crippen LogP contribution in [0.15, 0.2) is 30.3 Å². The number of nitrogens with two attached hydrogens (primary N) is 1. The number of halogens is 3. The third kappa shape index (κ3) is 6.97. The molecule has 9 heteroatoms. The number of piperazine rings is 1. The van der Waals surface area contributed by atoms with Crippen LogP contribution in [0.3, 0.4) is 0 Å².